The number of benzene rings is 1. The van der Waals surface area contributed by atoms with Crippen LogP contribution in [0.2, 0.25) is 0 Å². The van der Waals surface area contributed by atoms with Crippen LogP contribution in [0.3, 0.4) is 0 Å². The zero-order chi connectivity index (χ0) is 13.3. The van der Waals surface area contributed by atoms with Crippen molar-refractivity contribution in [2.45, 2.75) is 27.3 Å². The van der Waals surface area contributed by atoms with Crippen LogP contribution in [0, 0.1) is 13.8 Å². The Labute approximate surface area is 107 Å². The number of carboxylic acids is 1. The summed E-state index contributed by atoms with van der Waals surface area (Å²) in [6, 6.07) is 9.79. The van der Waals surface area contributed by atoms with Gasteiger partial charge in [-0.25, -0.2) is 4.79 Å². The van der Waals surface area contributed by atoms with Crippen LogP contribution < -0.4 is 0 Å². The summed E-state index contributed by atoms with van der Waals surface area (Å²) in [6.45, 7) is 6.70. The van der Waals surface area contributed by atoms with Crippen LogP contribution in [0.1, 0.15) is 28.5 Å². The summed E-state index contributed by atoms with van der Waals surface area (Å²) in [6.07, 6.45) is 0. The summed E-state index contributed by atoms with van der Waals surface area (Å²) in [5.41, 5.74) is 4.75. The molecule has 1 aromatic heterocycles. The largest absolute Gasteiger partial charge is 0.477 e. The number of rotatable bonds is 3. The van der Waals surface area contributed by atoms with E-state index in [0.717, 1.165) is 16.8 Å². The molecule has 0 radical (unpaired) electrons. The molecule has 2 rings (SSSR count). The first-order chi connectivity index (χ1) is 8.54. The Morgan fingerprint density at radius 2 is 1.94 bits per heavy atom. The van der Waals surface area contributed by atoms with E-state index >= 15 is 0 Å². The lowest BCUT2D eigenvalue weighted by Crippen LogP contribution is -2.08. The van der Waals surface area contributed by atoms with Gasteiger partial charge in [0.2, 0.25) is 0 Å². The number of carboxylic acid groups (broad SMARTS) is 1. The fraction of sp³-hybridized carbons (Fsp3) is 0.267. The van der Waals surface area contributed by atoms with Gasteiger partial charge in [0.25, 0.3) is 0 Å². The van der Waals surface area contributed by atoms with Crippen molar-refractivity contribution in [1.82, 2.24) is 4.57 Å². The van der Waals surface area contributed by atoms with Gasteiger partial charge in [0.05, 0.1) is 0 Å². The van der Waals surface area contributed by atoms with E-state index in [0.29, 0.717) is 12.2 Å². The fourth-order valence-electron chi connectivity index (χ4n) is 2.24. The van der Waals surface area contributed by atoms with Crippen LogP contribution >= 0.6 is 0 Å². The molecule has 3 nitrogen and oxygen atoms in total. The SMILES string of the molecule is CCn1c(C(=O)O)ccc1-c1cc(C)ccc1C. The Kier molecular flexibility index (Phi) is 3.24. The number of hydrogen-bond acceptors (Lipinski definition) is 1. The molecule has 3 heteroatoms. The predicted octanol–water partition coefficient (Wildman–Crippen LogP) is 3.49. The maximum Gasteiger partial charge on any atom is 0.352 e. The standard InChI is InChI=1S/C15H17NO2/c1-4-16-13(7-8-14(16)15(17)18)12-9-10(2)5-6-11(12)3/h5-9H,4H2,1-3H3,(H,17,18). The Balaban J connectivity index is 2.64. The number of aromatic carboxylic acids is 1. The molecular weight excluding hydrogens is 226 g/mol. The second-order valence-corrected chi connectivity index (χ2v) is 4.47. The van der Waals surface area contributed by atoms with Crippen LogP contribution in [0.15, 0.2) is 30.3 Å². The van der Waals surface area contributed by atoms with Crippen molar-refractivity contribution in [2.24, 2.45) is 0 Å². The third-order valence-electron chi connectivity index (χ3n) is 3.19. The first-order valence-corrected chi connectivity index (χ1v) is 6.05. The molecule has 0 fully saturated rings. The van der Waals surface area contributed by atoms with Crippen LogP contribution in [0.4, 0.5) is 0 Å². The van der Waals surface area contributed by atoms with E-state index in [-0.39, 0.29) is 0 Å². The minimum atomic E-state index is -0.881. The van der Waals surface area contributed by atoms with Crippen LogP contribution in [0.5, 0.6) is 0 Å². The lowest BCUT2D eigenvalue weighted by atomic mass is 10.0. The summed E-state index contributed by atoms with van der Waals surface area (Å²) >= 11 is 0. The Morgan fingerprint density at radius 1 is 1.22 bits per heavy atom. The molecule has 0 saturated heterocycles. The molecule has 0 bridgehead atoms. The topological polar surface area (TPSA) is 42.2 Å². The van der Waals surface area contributed by atoms with Gasteiger partial charge in [-0.2, -0.15) is 0 Å². The number of hydrogen-bond donors (Lipinski definition) is 1. The molecule has 2 aromatic rings. The lowest BCUT2D eigenvalue weighted by molar-refractivity contribution is 0.0685. The van der Waals surface area contributed by atoms with Gasteiger partial charge < -0.3 is 9.67 Å². The smallest absolute Gasteiger partial charge is 0.352 e. The maximum absolute atomic E-state index is 11.2. The summed E-state index contributed by atoms with van der Waals surface area (Å²) in [7, 11) is 0. The van der Waals surface area contributed by atoms with Crippen molar-refractivity contribution in [2.75, 3.05) is 0 Å². The Morgan fingerprint density at radius 3 is 2.56 bits per heavy atom. The van der Waals surface area contributed by atoms with Gasteiger partial charge in [0.15, 0.2) is 0 Å². The fourth-order valence-corrected chi connectivity index (χ4v) is 2.24. The van der Waals surface area contributed by atoms with Crippen molar-refractivity contribution >= 4 is 5.97 Å². The number of carbonyl (C=O) groups is 1. The minimum absolute atomic E-state index is 0.341. The van der Waals surface area contributed by atoms with Gasteiger partial charge >= 0.3 is 5.97 Å². The maximum atomic E-state index is 11.2. The summed E-state index contributed by atoms with van der Waals surface area (Å²) < 4.78 is 1.84. The average Bonchev–Trinajstić information content (AvgIpc) is 2.75. The third kappa shape index (κ3) is 2.04. The van der Waals surface area contributed by atoms with Crippen molar-refractivity contribution in [1.29, 1.82) is 0 Å². The molecule has 0 aliphatic carbocycles. The van der Waals surface area contributed by atoms with Gasteiger partial charge in [-0.3, -0.25) is 0 Å². The lowest BCUT2D eigenvalue weighted by Gasteiger charge is -2.12. The zero-order valence-electron chi connectivity index (χ0n) is 10.9. The zero-order valence-corrected chi connectivity index (χ0v) is 10.9. The molecule has 0 saturated carbocycles. The van der Waals surface area contributed by atoms with E-state index in [9.17, 15) is 4.79 Å². The van der Waals surface area contributed by atoms with Gasteiger partial charge in [0.1, 0.15) is 5.69 Å². The summed E-state index contributed by atoms with van der Waals surface area (Å²) in [5, 5.41) is 9.16. The summed E-state index contributed by atoms with van der Waals surface area (Å²) in [5.74, 6) is -0.881. The number of aromatic nitrogens is 1. The molecule has 0 amide bonds. The second kappa shape index (κ2) is 4.69. The number of nitrogens with zero attached hydrogens (tertiary/aromatic N) is 1. The van der Waals surface area contributed by atoms with Crippen molar-refractivity contribution in [3.05, 3.63) is 47.2 Å². The van der Waals surface area contributed by atoms with Crippen molar-refractivity contribution in [3.8, 4) is 11.3 Å². The van der Waals surface area contributed by atoms with E-state index in [4.69, 9.17) is 5.11 Å². The number of aryl methyl sites for hydroxylation is 2. The molecule has 94 valence electrons. The molecule has 1 aromatic carbocycles. The molecule has 1 N–H and O–H groups in total. The van der Waals surface area contributed by atoms with Crippen molar-refractivity contribution < 1.29 is 9.90 Å². The van der Waals surface area contributed by atoms with E-state index < -0.39 is 5.97 Å². The van der Waals surface area contributed by atoms with Crippen LogP contribution in [-0.2, 0) is 6.54 Å². The molecule has 0 aliphatic heterocycles. The second-order valence-electron chi connectivity index (χ2n) is 4.47. The highest BCUT2D eigenvalue weighted by Crippen LogP contribution is 2.27. The monoisotopic (exact) mass is 243 g/mol. The molecule has 0 spiro atoms. The van der Waals surface area contributed by atoms with Gasteiger partial charge in [-0.15, -0.1) is 0 Å². The minimum Gasteiger partial charge on any atom is -0.477 e. The first-order valence-electron chi connectivity index (χ1n) is 6.05. The van der Waals surface area contributed by atoms with Crippen molar-refractivity contribution in [3.63, 3.8) is 0 Å². The van der Waals surface area contributed by atoms with E-state index in [1.54, 1.807) is 6.07 Å². The molecular formula is C15H17NO2. The molecule has 0 unspecified atom stereocenters. The highest BCUT2D eigenvalue weighted by molar-refractivity contribution is 5.87. The molecule has 1 heterocycles. The third-order valence-corrected chi connectivity index (χ3v) is 3.19. The Hall–Kier alpha value is -2.03. The molecule has 18 heavy (non-hydrogen) atoms. The van der Waals surface area contributed by atoms with Crippen LogP contribution in [0.25, 0.3) is 11.3 Å². The highest BCUT2D eigenvalue weighted by Gasteiger charge is 2.15. The van der Waals surface area contributed by atoms with E-state index in [1.807, 2.05) is 31.4 Å². The first kappa shape index (κ1) is 12.4. The van der Waals surface area contributed by atoms with Gasteiger partial charge in [-0.1, -0.05) is 17.7 Å². The highest BCUT2D eigenvalue weighted by atomic mass is 16.4. The molecule has 0 atom stereocenters. The van der Waals surface area contributed by atoms with E-state index in [1.165, 1.54) is 5.56 Å². The quantitative estimate of drug-likeness (QED) is 0.896. The Bertz CT molecular complexity index is 597. The average molecular weight is 243 g/mol. The molecule has 0 aliphatic rings. The van der Waals surface area contributed by atoms with Crippen LogP contribution in [-0.4, -0.2) is 15.6 Å². The normalized spacial score (nSPS) is 10.6. The van der Waals surface area contributed by atoms with E-state index in [2.05, 4.69) is 18.2 Å². The predicted molar refractivity (Wildman–Crippen MR) is 72.0 cm³/mol. The van der Waals surface area contributed by atoms with Gasteiger partial charge in [-0.05, 0) is 44.5 Å². The summed E-state index contributed by atoms with van der Waals surface area (Å²) in [4.78, 5) is 11.2. The van der Waals surface area contributed by atoms with Gasteiger partial charge in [0, 0.05) is 17.8 Å².